The molecule has 2 aromatic heterocycles. The number of thiazole rings is 1. The molecule has 0 aliphatic rings. The molecular formula is C10H8N4O2S. The number of nitrogens with zero attached hydrogens (tertiary/aromatic N) is 3. The van der Waals surface area contributed by atoms with Crippen LogP contribution in [0.1, 0.15) is 16.3 Å². The molecule has 0 aromatic carbocycles. The molecule has 0 saturated heterocycles. The second-order valence-corrected chi connectivity index (χ2v) is 4.37. The number of aryl methyl sites for hydroxylation is 1. The molecule has 0 aliphatic heterocycles. The van der Waals surface area contributed by atoms with Crippen LogP contribution in [0.3, 0.4) is 0 Å². The van der Waals surface area contributed by atoms with Gasteiger partial charge in [-0.2, -0.15) is 5.26 Å². The standard InChI is InChI=1S/C10H8N4O2S/c1-6-5-17-8(12-6)4-14-3-7(2-11)9(15)13-10(14)16/h3,5H,4H2,1H3,(H,13,15,16). The fourth-order valence-corrected chi connectivity index (χ4v) is 2.10. The highest BCUT2D eigenvalue weighted by Gasteiger charge is 2.06. The Balaban J connectivity index is 2.43. The highest BCUT2D eigenvalue weighted by atomic mass is 32.1. The van der Waals surface area contributed by atoms with Crippen LogP contribution < -0.4 is 11.2 Å². The highest BCUT2D eigenvalue weighted by molar-refractivity contribution is 7.09. The number of H-pyrrole nitrogens is 1. The van der Waals surface area contributed by atoms with E-state index < -0.39 is 11.2 Å². The smallest absolute Gasteiger partial charge is 0.292 e. The zero-order valence-electron chi connectivity index (χ0n) is 8.93. The molecule has 7 heteroatoms. The van der Waals surface area contributed by atoms with Gasteiger partial charge in [0.2, 0.25) is 0 Å². The molecule has 2 rings (SSSR count). The van der Waals surface area contributed by atoms with E-state index in [1.807, 2.05) is 12.3 Å². The summed E-state index contributed by atoms with van der Waals surface area (Å²) >= 11 is 1.42. The first-order valence-corrected chi connectivity index (χ1v) is 5.63. The van der Waals surface area contributed by atoms with Gasteiger partial charge in [-0.1, -0.05) is 0 Å². The lowest BCUT2D eigenvalue weighted by molar-refractivity contribution is 0.712. The summed E-state index contributed by atoms with van der Waals surface area (Å²) in [5, 5.41) is 11.3. The van der Waals surface area contributed by atoms with Crippen molar-refractivity contribution in [2.24, 2.45) is 0 Å². The van der Waals surface area contributed by atoms with E-state index in [4.69, 9.17) is 5.26 Å². The van der Waals surface area contributed by atoms with Crippen LogP contribution >= 0.6 is 11.3 Å². The molecule has 0 saturated carbocycles. The second kappa shape index (κ2) is 4.35. The van der Waals surface area contributed by atoms with Gasteiger partial charge < -0.3 is 0 Å². The van der Waals surface area contributed by atoms with Gasteiger partial charge in [0.1, 0.15) is 16.6 Å². The van der Waals surface area contributed by atoms with E-state index in [0.717, 1.165) is 10.7 Å². The van der Waals surface area contributed by atoms with Gasteiger partial charge in [0.15, 0.2) is 0 Å². The van der Waals surface area contributed by atoms with Crippen LogP contribution in [0.15, 0.2) is 21.2 Å². The minimum atomic E-state index is -0.663. The first kappa shape index (κ1) is 11.3. The Bertz CT molecular complexity index is 704. The van der Waals surface area contributed by atoms with Gasteiger partial charge in [0, 0.05) is 17.3 Å². The van der Waals surface area contributed by atoms with Crippen LogP contribution in [0.25, 0.3) is 0 Å². The molecule has 0 unspecified atom stereocenters. The molecule has 0 fully saturated rings. The number of rotatable bonds is 2. The average Bonchev–Trinajstić information content (AvgIpc) is 2.68. The summed E-state index contributed by atoms with van der Waals surface area (Å²) in [6.45, 7) is 2.11. The third kappa shape index (κ3) is 2.32. The van der Waals surface area contributed by atoms with Crippen LogP contribution in [-0.2, 0) is 6.54 Å². The van der Waals surface area contributed by atoms with Gasteiger partial charge in [-0.25, -0.2) is 9.78 Å². The SMILES string of the molecule is Cc1csc(Cn2cc(C#N)c(=O)[nH]c2=O)n1. The van der Waals surface area contributed by atoms with Gasteiger partial charge in [-0.05, 0) is 6.92 Å². The van der Waals surface area contributed by atoms with Crippen molar-refractivity contribution in [2.45, 2.75) is 13.5 Å². The van der Waals surface area contributed by atoms with Crippen molar-refractivity contribution >= 4 is 11.3 Å². The predicted octanol–water partition coefficient (Wildman–Crippen LogP) is 0.222. The largest absolute Gasteiger partial charge is 0.328 e. The molecule has 17 heavy (non-hydrogen) atoms. The fraction of sp³-hybridized carbons (Fsp3) is 0.200. The molecule has 2 heterocycles. The number of nitriles is 1. The van der Waals surface area contributed by atoms with Gasteiger partial charge in [-0.3, -0.25) is 14.3 Å². The summed E-state index contributed by atoms with van der Waals surface area (Å²) in [7, 11) is 0. The molecular weight excluding hydrogens is 240 g/mol. The summed E-state index contributed by atoms with van der Waals surface area (Å²) in [5.74, 6) is 0. The first-order valence-electron chi connectivity index (χ1n) is 4.75. The topological polar surface area (TPSA) is 91.5 Å². The molecule has 2 aromatic rings. The quantitative estimate of drug-likeness (QED) is 0.823. The third-order valence-electron chi connectivity index (χ3n) is 2.10. The molecule has 0 radical (unpaired) electrons. The third-order valence-corrected chi connectivity index (χ3v) is 3.05. The molecule has 0 bridgehead atoms. The van der Waals surface area contributed by atoms with Crippen molar-refractivity contribution in [1.82, 2.24) is 14.5 Å². The number of nitrogens with one attached hydrogen (secondary N) is 1. The summed E-state index contributed by atoms with van der Waals surface area (Å²) in [5.41, 5.74) is -0.410. The molecule has 0 amide bonds. The lowest BCUT2D eigenvalue weighted by Crippen LogP contribution is -2.31. The molecule has 86 valence electrons. The molecule has 0 atom stereocenters. The van der Waals surface area contributed by atoms with Crippen LogP contribution in [-0.4, -0.2) is 14.5 Å². The Morgan fingerprint density at radius 1 is 1.59 bits per heavy atom. The van der Waals surface area contributed by atoms with E-state index in [1.165, 1.54) is 22.1 Å². The van der Waals surface area contributed by atoms with Crippen molar-refractivity contribution in [3.63, 3.8) is 0 Å². The summed E-state index contributed by atoms with van der Waals surface area (Å²) in [6, 6.07) is 1.73. The number of aromatic nitrogens is 3. The van der Waals surface area contributed by atoms with Crippen molar-refractivity contribution in [3.05, 3.63) is 48.7 Å². The maximum Gasteiger partial charge on any atom is 0.328 e. The minimum Gasteiger partial charge on any atom is -0.292 e. The second-order valence-electron chi connectivity index (χ2n) is 3.42. The average molecular weight is 248 g/mol. The first-order chi connectivity index (χ1) is 8.10. The normalized spacial score (nSPS) is 10.1. The fourth-order valence-electron chi connectivity index (χ4n) is 1.33. The number of hydrogen-bond donors (Lipinski definition) is 1. The Morgan fingerprint density at radius 2 is 2.35 bits per heavy atom. The lowest BCUT2D eigenvalue weighted by Gasteiger charge is -2.01. The van der Waals surface area contributed by atoms with E-state index in [1.54, 1.807) is 6.07 Å². The Labute approximate surface area is 99.8 Å². The van der Waals surface area contributed by atoms with E-state index in [2.05, 4.69) is 9.97 Å². The van der Waals surface area contributed by atoms with Gasteiger partial charge in [0.05, 0.1) is 6.54 Å². The summed E-state index contributed by atoms with van der Waals surface area (Å²) in [4.78, 5) is 29.0. The van der Waals surface area contributed by atoms with Crippen LogP contribution in [0.4, 0.5) is 0 Å². The monoisotopic (exact) mass is 248 g/mol. The summed E-state index contributed by atoms with van der Waals surface area (Å²) < 4.78 is 1.26. The Hall–Kier alpha value is -2.20. The van der Waals surface area contributed by atoms with Gasteiger partial charge in [-0.15, -0.1) is 11.3 Å². The van der Waals surface area contributed by atoms with Crippen LogP contribution in [0.2, 0.25) is 0 Å². The Morgan fingerprint density at radius 3 is 2.94 bits per heavy atom. The zero-order chi connectivity index (χ0) is 12.4. The Kier molecular flexibility index (Phi) is 2.89. The highest BCUT2D eigenvalue weighted by Crippen LogP contribution is 2.09. The van der Waals surface area contributed by atoms with Crippen LogP contribution in [0, 0.1) is 18.3 Å². The molecule has 6 nitrogen and oxygen atoms in total. The van der Waals surface area contributed by atoms with Crippen molar-refractivity contribution < 1.29 is 0 Å². The van der Waals surface area contributed by atoms with E-state index >= 15 is 0 Å². The lowest BCUT2D eigenvalue weighted by atomic mass is 10.4. The summed E-state index contributed by atoms with van der Waals surface area (Å²) in [6.07, 6.45) is 1.25. The zero-order valence-corrected chi connectivity index (χ0v) is 9.74. The van der Waals surface area contributed by atoms with Gasteiger partial charge in [0.25, 0.3) is 5.56 Å². The molecule has 1 N–H and O–H groups in total. The van der Waals surface area contributed by atoms with Crippen molar-refractivity contribution in [3.8, 4) is 6.07 Å². The minimum absolute atomic E-state index is 0.0853. The van der Waals surface area contributed by atoms with E-state index in [0.29, 0.717) is 0 Å². The van der Waals surface area contributed by atoms with Crippen molar-refractivity contribution in [2.75, 3.05) is 0 Å². The predicted molar refractivity (Wildman–Crippen MR) is 62.0 cm³/mol. The number of hydrogen-bond acceptors (Lipinski definition) is 5. The van der Waals surface area contributed by atoms with E-state index in [9.17, 15) is 9.59 Å². The van der Waals surface area contributed by atoms with Gasteiger partial charge >= 0.3 is 5.69 Å². The van der Waals surface area contributed by atoms with Crippen LogP contribution in [0.5, 0.6) is 0 Å². The number of aromatic amines is 1. The molecule has 0 spiro atoms. The maximum absolute atomic E-state index is 11.5. The maximum atomic E-state index is 11.5. The van der Waals surface area contributed by atoms with E-state index in [-0.39, 0.29) is 12.1 Å². The molecule has 0 aliphatic carbocycles. The van der Waals surface area contributed by atoms with Crippen molar-refractivity contribution in [1.29, 1.82) is 5.26 Å².